The van der Waals surface area contributed by atoms with Crippen molar-refractivity contribution in [3.63, 3.8) is 0 Å². The first kappa shape index (κ1) is 19.8. The number of aromatic nitrogens is 3. The minimum absolute atomic E-state index is 0.0777. The van der Waals surface area contributed by atoms with Gasteiger partial charge in [-0.1, -0.05) is 25.5 Å². The van der Waals surface area contributed by atoms with Crippen molar-refractivity contribution in [1.82, 2.24) is 14.8 Å². The number of carbonyl (C=O) groups excluding carboxylic acids is 1. The molecule has 0 saturated carbocycles. The molecule has 0 radical (unpaired) electrons. The van der Waals surface area contributed by atoms with E-state index in [-0.39, 0.29) is 12.5 Å². The van der Waals surface area contributed by atoms with Crippen LogP contribution in [0.2, 0.25) is 0 Å². The first-order chi connectivity index (χ1) is 13.6. The van der Waals surface area contributed by atoms with Crippen LogP contribution in [0.15, 0.2) is 48.5 Å². The fourth-order valence-electron chi connectivity index (χ4n) is 2.90. The molecule has 2 aromatic carbocycles. The highest BCUT2D eigenvalue weighted by Crippen LogP contribution is 2.21. The lowest BCUT2D eigenvalue weighted by atomic mass is 10.1. The predicted molar refractivity (Wildman–Crippen MR) is 113 cm³/mol. The third kappa shape index (κ3) is 4.86. The molecule has 1 heterocycles. The molecular formula is C21H24N4O2S. The summed E-state index contributed by atoms with van der Waals surface area (Å²) in [5, 5.41) is 9.95. The van der Waals surface area contributed by atoms with Gasteiger partial charge in [0.05, 0.1) is 7.11 Å². The number of hydrogen-bond acceptors (Lipinski definition) is 4. The molecule has 146 valence electrons. The molecule has 0 fully saturated rings. The summed E-state index contributed by atoms with van der Waals surface area (Å²) in [4.78, 5) is 12.5. The van der Waals surface area contributed by atoms with Gasteiger partial charge >= 0.3 is 0 Å². The Hall–Kier alpha value is -2.93. The lowest BCUT2D eigenvalue weighted by Crippen LogP contribution is -2.19. The molecule has 0 aliphatic rings. The molecule has 3 aromatic rings. The Bertz CT molecular complexity index is 975. The van der Waals surface area contributed by atoms with Gasteiger partial charge in [-0.3, -0.25) is 14.5 Å². The summed E-state index contributed by atoms with van der Waals surface area (Å²) in [5.41, 5.74) is 2.89. The molecule has 28 heavy (non-hydrogen) atoms. The summed E-state index contributed by atoms with van der Waals surface area (Å²) < 4.78 is 7.26. The van der Waals surface area contributed by atoms with Gasteiger partial charge in [0.2, 0.25) is 5.91 Å². The lowest BCUT2D eigenvalue weighted by Gasteiger charge is -2.09. The molecule has 0 aliphatic carbocycles. The smallest absolute Gasteiger partial charge is 0.244 e. The third-order valence-corrected chi connectivity index (χ3v) is 4.78. The molecule has 0 bridgehead atoms. The van der Waals surface area contributed by atoms with Gasteiger partial charge in [0.15, 0.2) is 10.6 Å². The Kier molecular flexibility index (Phi) is 6.60. The monoisotopic (exact) mass is 396 g/mol. The minimum atomic E-state index is -0.159. The predicted octanol–water partition coefficient (Wildman–Crippen LogP) is 4.60. The number of ether oxygens (including phenoxy) is 1. The van der Waals surface area contributed by atoms with Gasteiger partial charge in [-0.25, -0.2) is 0 Å². The van der Waals surface area contributed by atoms with Crippen LogP contribution in [0.1, 0.15) is 25.3 Å². The maximum absolute atomic E-state index is 12.5. The van der Waals surface area contributed by atoms with E-state index < -0.39 is 0 Å². The fraction of sp³-hybridized carbons (Fsp3) is 0.286. The number of unbranched alkanes of at least 4 members (excludes halogenated alkanes) is 1. The van der Waals surface area contributed by atoms with E-state index >= 15 is 0 Å². The van der Waals surface area contributed by atoms with E-state index in [9.17, 15) is 4.79 Å². The second-order valence-electron chi connectivity index (χ2n) is 6.52. The number of amides is 1. The number of nitrogens with one attached hydrogen (secondary N) is 2. The second kappa shape index (κ2) is 9.32. The van der Waals surface area contributed by atoms with Gasteiger partial charge in [-0.05, 0) is 67.0 Å². The SMILES string of the molecule is CCCCc1ccc(NC(=O)Cn2c(-c3ccc(OC)cc3)n[nH]c2=S)cc1. The third-order valence-electron chi connectivity index (χ3n) is 4.46. The average molecular weight is 397 g/mol. The summed E-state index contributed by atoms with van der Waals surface area (Å²) in [6.07, 6.45) is 3.39. The zero-order valence-electron chi connectivity index (χ0n) is 16.1. The van der Waals surface area contributed by atoms with E-state index in [1.54, 1.807) is 11.7 Å². The zero-order valence-corrected chi connectivity index (χ0v) is 16.9. The van der Waals surface area contributed by atoms with Gasteiger partial charge in [0, 0.05) is 11.3 Å². The first-order valence-corrected chi connectivity index (χ1v) is 9.70. The molecule has 1 aromatic heterocycles. The molecular weight excluding hydrogens is 372 g/mol. The normalized spacial score (nSPS) is 10.6. The Labute approximate surface area is 169 Å². The minimum Gasteiger partial charge on any atom is -0.497 e. The molecule has 0 aliphatic heterocycles. The number of hydrogen-bond donors (Lipinski definition) is 2. The number of rotatable bonds is 8. The second-order valence-corrected chi connectivity index (χ2v) is 6.90. The summed E-state index contributed by atoms with van der Waals surface area (Å²) in [5.74, 6) is 1.20. The maximum Gasteiger partial charge on any atom is 0.244 e. The van der Waals surface area contributed by atoms with E-state index in [2.05, 4.69) is 34.6 Å². The molecule has 2 N–H and O–H groups in total. The molecule has 0 saturated heterocycles. The van der Waals surface area contributed by atoms with Crippen molar-refractivity contribution in [2.75, 3.05) is 12.4 Å². The van der Waals surface area contributed by atoms with Gasteiger partial charge in [0.25, 0.3) is 0 Å². The number of aryl methyl sites for hydroxylation is 1. The lowest BCUT2D eigenvalue weighted by molar-refractivity contribution is -0.116. The van der Waals surface area contributed by atoms with E-state index in [0.29, 0.717) is 10.6 Å². The van der Waals surface area contributed by atoms with E-state index in [1.807, 2.05) is 36.4 Å². The van der Waals surface area contributed by atoms with E-state index in [0.717, 1.165) is 23.4 Å². The standard InChI is InChI=1S/C21H24N4O2S/c1-3-4-5-15-6-10-17(11-7-15)22-19(26)14-25-20(23-24-21(25)28)16-8-12-18(27-2)13-9-16/h6-13H,3-5,14H2,1-2H3,(H,22,26)(H,24,28). The molecule has 7 heteroatoms. The number of aromatic amines is 1. The van der Waals surface area contributed by atoms with Crippen molar-refractivity contribution in [3.05, 3.63) is 58.9 Å². The van der Waals surface area contributed by atoms with Crippen LogP contribution in [0.25, 0.3) is 11.4 Å². The van der Waals surface area contributed by atoms with Crippen LogP contribution in [-0.2, 0) is 17.8 Å². The average Bonchev–Trinajstić information content (AvgIpc) is 3.07. The Morgan fingerprint density at radius 3 is 2.54 bits per heavy atom. The highest BCUT2D eigenvalue weighted by molar-refractivity contribution is 7.71. The molecule has 1 amide bonds. The van der Waals surface area contributed by atoms with Crippen molar-refractivity contribution in [2.45, 2.75) is 32.7 Å². The van der Waals surface area contributed by atoms with Gasteiger partial charge in [0.1, 0.15) is 12.3 Å². The van der Waals surface area contributed by atoms with Crippen molar-refractivity contribution < 1.29 is 9.53 Å². The number of nitrogens with zero attached hydrogens (tertiary/aromatic N) is 2. The first-order valence-electron chi connectivity index (χ1n) is 9.29. The summed E-state index contributed by atoms with van der Waals surface area (Å²) >= 11 is 5.30. The van der Waals surface area contributed by atoms with Crippen LogP contribution in [0, 0.1) is 4.77 Å². The number of H-pyrrole nitrogens is 1. The van der Waals surface area contributed by atoms with Crippen molar-refractivity contribution >= 4 is 23.8 Å². The van der Waals surface area contributed by atoms with Crippen LogP contribution in [0.5, 0.6) is 5.75 Å². The van der Waals surface area contributed by atoms with Crippen molar-refractivity contribution in [3.8, 4) is 17.1 Å². The quantitative estimate of drug-likeness (QED) is 0.546. The summed E-state index contributed by atoms with van der Waals surface area (Å²) in [6, 6.07) is 15.4. The van der Waals surface area contributed by atoms with E-state index in [1.165, 1.54) is 18.4 Å². The van der Waals surface area contributed by atoms with Crippen LogP contribution in [0.3, 0.4) is 0 Å². The number of benzene rings is 2. The van der Waals surface area contributed by atoms with Crippen molar-refractivity contribution in [1.29, 1.82) is 0 Å². The number of anilines is 1. The van der Waals surface area contributed by atoms with Crippen LogP contribution in [-0.4, -0.2) is 27.8 Å². The molecule has 0 atom stereocenters. The molecule has 6 nitrogen and oxygen atoms in total. The maximum atomic E-state index is 12.5. The molecule has 0 spiro atoms. The Morgan fingerprint density at radius 1 is 1.18 bits per heavy atom. The van der Waals surface area contributed by atoms with E-state index in [4.69, 9.17) is 17.0 Å². The zero-order chi connectivity index (χ0) is 19.9. The van der Waals surface area contributed by atoms with Crippen LogP contribution < -0.4 is 10.1 Å². The van der Waals surface area contributed by atoms with Gasteiger partial charge in [-0.15, -0.1) is 0 Å². The highest BCUT2D eigenvalue weighted by Gasteiger charge is 2.13. The van der Waals surface area contributed by atoms with Crippen molar-refractivity contribution in [2.24, 2.45) is 0 Å². The summed E-state index contributed by atoms with van der Waals surface area (Å²) in [7, 11) is 1.62. The number of methoxy groups -OCH3 is 1. The van der Waals surface area contributed by atoms with Crippen LogP contribution in [0.4, 0.5) is 5.69 Å². The van der Waals surface area contributed by atoms with Crippen LogP contribution >= 0.6 is 12.2 Å². The number of carbonyl (C=O) groups is 1. The van der Waals surface area contributed by atoms with Gasteiger partial charge in [-0.2, -0.15) is 5.10 Å². The summed E-state index contributed by atoms with van der Waals surface area (Å²) in [6.45, 7) is 2.25. The highest BCUT2D eigenvalue weighted by atomic mass is 32.1. The largest absolute Gasteiger partial charge is 0.497 e. The van der Waals surface area contributed by atoms with Gasteiger partial charge < -0.3 is 10.1 Å². The Balaban J connectivity index is 1.70. The molecule has 3 rings (SSSR count). The fourth-order valence-corrected chi connectivity index (χ4v) is 3.10. The Morgan fingerprint density at radius 2 is 1.89 bits per heavy atom. The topological polar surface area (TPSA) is 71.9 Å². The molecule has 0 unspecified atom stereocenters.